The maximum Gasteiger partial charge on any atom is 0.245 e. The fraction of sp³-hybridized carbons (Fsp3) is 0.529. The summed E-state index contributed by atoms with van der Waals surface area (Å²) in [7, 11) is 0. The van der Waals surface area contributed by atoms with Gasteiger partial charge in [0.05, 0.1) is 6.04 Å². The van der Waals surface area contributed by atoms with Gasteiger partial charge in [-0.2, -0.15) is 0 Å². The number of nitrogens with one attached hydrogen (secondary N) is 1. The standard InChI is InChI=1S/C17H22ClN3O2.ClH/c1-12(22)20-9-4-7-15(20)17(23)21-10-8-19-11-16(21)13-5-2-3-6-14(13)18;/h2-3,5-6,15-16,19H,4,7-11H2,1H3;1H. The van der Waals surface area contributed by atoms with E-state index in [9.17, 15) is 9.59 Å². The third kappa shape index (κ3) is 3.68. The van der Waals surface area contributed by atoms with Crippen molar-refractivity contribution < 1.29 is 9.59 Å². The van der Waals surface area contributed by atoms with E-state index in [4.69, 9.17) is 11.6 Å². The van der Waals surface area contributed by atoms with Crippen molar-refractivity contribution in [1.82, 2.24) is 15.1 Å². The van der Waals surface area contributed by atoms with Gasteiger partial charge in [0, 0.05) is 38.1 Å². The van der Waals surface area contributed by atoms with E-state index >= 15 is 0 Å². The lowest BCUT2D eigenvalue weighted by molar-refractivity contribution is -0.145. The number of piperazine rings is 1. The van der Waals surface area contributed by atoms with Crippen molar-refractivity contribution in [3.63, 3.8) is 0 Å². The zero-order valence-corrected chi connectivity index (χ0v) is 15.3. The fourth-order valence-electron chi connectivity index (χ4n) is 3.58. The summed E-state index contributed by atoms with van der Waals surface area (Å²) in [5, 5.41) is 4.01. The maximum atomic E-state index is 13.1. The van der Waals surface area contributed by atoms with E-state index in [0.29, 0.717) is 24.7 Å². The number of carbonyl (C=O) groups is 2. The highest BCUT2D eigenvalue weighted by Gasteiger charge is 2.38. The second-order valence-corrected chi connectivity index (χ2v) is 6.55. The molecule has 3 rings (SSSR count). The normalized spacial score (nSPS) is 23.8. The molecule has 5 nitrogen and oxygen atoms in total. The van der Waals surface area contributed by atoms with E-state index in [1.54, 1.807) is 4.90 Å². The molecule has 2 fully saturated rings. The first-order valence-corrected chi connectivity index (χ1v) is 8.50. The summed E-state index contributed by atoms with van der Waals surface area (Å²) >= 11 is 6.34. The number of rotatable bonds is 2. The summed E-state index contributed by atoms with van der Waals surface area (Å²) in [4.78, 5) is 28.4. The van der Waals surface area contributed by atoms with Gasteiger partial charge in [-0.05, 0) is 24.5 Å². The topological polar surface area (TPSA) is 52.7 Å². The Kier molecular flexibility index (Phi) is 6.49. The Labute approximate surface area is 153 Å². The van der Waals surface area contributed by atoms with E-state index in [2.05, 4.69) is 5.32 Å². The van der Waals surface area contributed by atoms with Crippen LogP contribution in [0.3, 0.4) is 0 Å². The second kappa shape index (κ2) is 8.19. The Morgan fingerprint density at radius 2 is 1.96 bits per heavy atom. The largest absolute Gasteiger partial charge is 0.331 e. The number of nitrogens with zero attached hydrogens (tertiary/aromatic N) is 2. The molecular formula is C17H23Cl2N3O2. The van der Waals surface area contributed by atoms with Crippen LogP contribution < -0.4 is 5.32 Å². The lowest BCUT2D eigenvalue weighted by atomic mass is 10.0. The minimum atomic E-state index is -0.324. The van der Waals surface area contributed by atoms with Crippen LogP contribution >= 0.6 is 24.0 Å². The van der Waals surface area contributed by atoms with Gasteiger partial charge in [0.1, 0.15) is 6.04 Å². The average Bonchev–Trinajstić information content (AvgIpc) is 3.04. The van der Waals surface area contributed by atoms with E-state index in [0.717, 1.165) is 24.9 Å². The lowest BCUT2D eigenvalue weighted by Gasteiger charge is -2.39. The molecule has 7 heteroatoms. The predicted molar refractivity (Wildman–Crippen MR) is 96.4 cm³/mol. The van der Waals surface area contributed by atoms with Gasteiger partial charge in [-0.1, -0.05) is 29.8 Å². The number of halogens is 2. The van der Waals surface area contributed by atoms with Crippen LogP contribution in [0.5, 0.6) is 0 Å². The van der Waals surface area contributed by atoms with E-state index in [1.165, 1.54) is 6.92 Å². The summed E-state index contributed by atoms with van der Waals surface area (Å²) in [6.45, 7) is 4.29. The van der Waals surface area contributed by atoms with Crippen LogP contribution in [0.1, 0.15) is 31.4 Å². The van der Waals surface area contributed by atoms with Crippen molar-refractivity contribution >= 4 is 35.8 Å². The van der Waals surface area contributed by atoms with Crippen molar-refractivity contribution in [2.45, 2.75) is 31.8 Å². The number of amides is 2. The molecule has 1 N–H and O–H groups in total. The molecular weight excluding hydrogens is 349 g/mol. The first-order valence-electron chi connectivity index (χ1n) is 8.12. The Balaban J connectivity index is 0.00000208. The van der Waals surface area contributed by atoms with Crippen LogP contribution in [0.4, 0.5) is 0 Å². The molecule has 2 amide bonds. The monoisotopic (exact) mass is 371 g/mol. The molecule has 0 spiro atoms. The fourth-order valence-corrected chi connectivity index (χ4v) is 3.84. The maximum absolute atomic E-state index is 13.1. The molecule has 2 saturated heterocycles. The first-order chi connectivity index (χ1) is 11.1. The predicted octanol–water partition coefficient (Wildman–Crippen LogP) is 2.25. The van der Waals surface area contributed by atoms with Crippen molar-refractivity contribution in [3.05, 3.63) is 34.9 Å². The Hall–Kier alpha value is -1.30. The lowest BCUT2D eigenvalue weighted by Crippen LogP contribution is -2.54. The van der Waals surface area contributed by atoms with Gasteiger partial charge < -0.3 is 15.1 Å². The van der Waals surface area contributed by atoms with Crippen molar-refractivity contribution in [2.75, 3.05) is 26.2 Å². The molecule has 1 aromatic rings. The molecule has 0 aromatic heterocycles. The molecule has 0 bridgehead atoms. The van der Waals surface area contributed by atoms with Gasteiger partial charge in [-0.25, -0.2) is 0 Å². The highest BCUT2D eigenvalue weighted by Crippen LogP contribution is 2.30. The number of carbonyl (C=O) groups excluding carboxylic acids is 2. The number of likely N-dealkylation sites (tertiary alicyclic amines) is 1. The van der Waals surface area contributed by atoms with E-state index in [-0.39, 0.29) is 36.3 Å². The Morgan fingerprint density at radius 3 is 2.67 bits per heavy atom. The van der Waals surface area contributed by atoms with E-state index in [1.807, 2.05) is 29.2 Å². The summed E-state index contributed by atoms with van der Waals surface area (Å²) < 4.78 is 0. The average molecular weight is 372 g/mol. The Bertz CT molecular complexity index is 611. The van der Waals surface area contributed by atoms with Crippen LogP contribution in [0.2, 0.25) is 5.02 Å². The third-order valence-corrected chi connectivity index (χ3v) is 5.08. The highest BCUT2D eigenvalue weighted by molar-refractivity contribution is 6.31. The molecule has 2 aliphatic heterocycles. The molecule has 24 heavy (non-hydrogen) atoms. The summed E-state index contributed by atoms with van der Waals surface area (Å²) in [5.41, 5.74) is 0.960. The van der Waals surface area contributed by atoms with Crippen molar-refractivity contribution in [3.8, 4) is 0 Å². The zero-order valence-electron chi connectivity index (χ0n) is 13.7. The molecule has 0 saturated carbocycles. The van der Waals surface area contributed by atoms with Gasteiger partial charge in [-0.15, -0.1) is 12.4 Å². The van der Waals surface area contributed by atoms with Crippen LogP contribution in [0.15, 0.2) is 24.3 Å². The smallest absolute Gasteiger partial charge is 0.245 e. The second-order valence-electron chi connectivity index (χ2n) is 6.14. The van der Waals surface area contributed by atoms with Crippen LogP contribution in [0, 0.1) is 0 Å². The molecule has 2 atom stereocenters. The van der Waals surface area contributed by atoms with Gasteiger partial charge >= 0.3 is 0 Å². The first kappa shape index (κ1) is 19.0. The summed E-state index contributed by atoms with van der Waals surface area (Å²) in [6.07, 6.45) is 1.64. The number of benzene rings is 1. The van der Waals surface area contributed by atoms with Crippen LogP contribution in [0.25, 0.3) is 0 Å². The van der Waals surface area contributed by atoms with Gasteiger partial charge in [0.2, 0.25) is 11.8 Å². The molecule has 2 aliphatic rings. The van der Waals surface area contributed by atoms with Crippen molar-refractivity contribution in [1.29, 1.82) is 0 Å². The zero-order chi connectivity index (χ0) is 16.4. The van der Waals surface area contributed by atoms with Crippen LogP contribution in [-0.4, -0.2) is 53.8 Å². The quantitative estimate of drug-likeness (QED) is 0.867. The molecule has 132 valence electrons. The Morgan fingerprint density at radius 1 is 1.21 bits per heavy atom. The number of hydrogen-bond acceptors (Lipinski definition) is 3. The van der Waals surface area contributed by atoms with Gasteiger partial charge in [-0.3, -0.25) is 9.59 Å². The van der Waals surface area contributed by atoms with Crippen molar-refractivity contribution in [2.24, 2.45) is 0 Å². The molecule has 0 aliphatic carbocycles. The van der Waals surface area contributed by atoms with Gasteiger partial charge in [0.25, 0.3) is 0 Å². The SMILES string of the molecule is CC(=O)N1CCCC1C(=O)N1CCNCC1c1ccccc1Cl.Cl. The molecule has 1 aromatic carbocycles. The van der Waals surface area contributed by atoms with E-state index < -0.39 is 0 Å². The highest BCUT2D eigenvalue weighted by atomic mass is 35.5. The minimum absolute atomic E-state index is 0. The van der Waals surface area contributed by atoms with Crippen LogP contribution in [-0.2, 0) is 9.59 Å². The summed E-state index contributed by atoms with van der Waals surface area (Å²) in [5.74, 6) is 0.0226. The summed E-state index contributed by atoms with van der Waals surface area (Å²) in [6, 6.07) is 7.25. The molecule has 0 radical (unpaired) electrons. The van der Waals surface area contributed by atoms with Gasteiger partial charge in [0.15, 0.2) is 0 Å². The molecule has 2 unspecified atom stereocenters. The third-order valence-electron chi connectivity index (χ3n) is 4.73. The number of hydrogen-bond donors (Lipinski definition) is 1. The molecule has 2 heterocycles. The minimum Gasteiger partial charge on any atom is -0.331 e.